The summed E-state index contributed by atoms with van der Waals surface area (Å²) in [7, 11) is 1.53. The van der Waals surface area contributed by atoms with Crippen LogP contribution in [0.2, 0.25) is 0 Å². The third-order valence-corrected chi connectivity index (χ3v) is 6.75. The number of carboxylic acid groups (broad SMARTS) is 1. The number of hydrogen-bond donors (Lipinski definition) is 2. The van der Waals surface area contributed by atoms with Crippen LogP contribution in [-0.2, 0) is 9.59 Å². The molecule has 3 N–H and O–H groups in total. The Morgan fingerprint density at radius 2 is 1.90 bits per heavy atom. The first-order valence-corrected chi connectivity index (χ1v) is 10.5. The summed E-state index contributed by atoms with van der Waals surface area (Å²) in [4.78, 5) is 39.2. The van der Waals surface area contributed by atoms with Gasteiger partial charge in [-0.05, 0) is 42.5 Å². The number of methoxy groups -OCH3 is 1. The van der Waals surface area contributed by atoms with E-state index in [9.17, 15) is 19.5 Å². The molecule has 0 spiro atoms. The Balaban J connectivity index is 1.89. The molecule has 2 aliphatic rings. The van der Waals surface area contributed by atoms with Gasteiger partial charge >= 0.3 is 5.97 Å². The zero-order valence-corrected chi connectivity index (χ0v) is 17.4. The van der Waals surface area contributed by atoms with Gasteiger partial charge in [-0.1, -0.05) is 36.8 Å². The van der Waals surface area contributed by atoms with E-state index in [4.69, 9.17) is 10.5 Å². The number of anilines is 1. The molecular weight excluding hydrogens is 396 g/mol. The van der Waals surface area contributed by atoms with Crippen molar-refractivity contribution in [2.45, 2.75) is 43.2 Å². The minimum atomic E-state index is -1.73. The van der Waals surface area contributed by atoms with Crippen molar-refractivity contribution in [2.24, 2.45) is 11.7 Å². The second-order valence-corrected chi connectivity index (χ2v) is 8.29. The van der Waals surface area contributed by atoms with Crippen molar-refractivity contribution < 1.29 is 24.2 Å². The summed E-state index contributed by atoms with van der Waals surface area (Å²) < 4.78 is 5.41. The molecule has 1 heterocycles. The molecule has 1 saturated carbocycles. The summed E-state index contributed by atoms with van der Waals surface area (Å²) in [6, 6.07) is 14.2. The number of amides is 1. The maximum absolute atomic E-state index is 13.7. The van der Waals surface area contributed by atoms with Crippen molar-refractivity contribution in [3.63, 3.8) is 0 Å². The number of carbonyl (C=O) groups excluding carboxylic acids is 2. The number of rotatable bonds is 6. The van der Waals surface area contributed by atoms with Crippen molar-refractivity contribution in [2.75, 3.05) is 12.0 Å². The summed E-state index contributed by atoms with van der Waals surface area (Å²) in [6.45, 7) is 0. The fourth-order valence-corrected chi connectivity index (χ4v) is 5.41. The van der Waals surface area contributed by atoms with E-state index in [0.717, 1.165) is 19.3 Å². The fourth-order valence-electron chi connectivity index (χ4n) is 5.41. The second kappa shape index (κ2) is 8.15. The highest BCUT2D eigenvalue weighted by molar-refractivity contribution is 6.09. The first kappa shape index (κ1) is 21.1. The summed E-state index contributed by atoms with van der Waals surface area (Å²) in [5.41, 5.74) is 6.48. The van der Waals surface area contributed by atoms with E-state index in [1.165, 1.54) is 7.11 Å². The highest BCUT2D eigenvalue weighted by Gasteiger charge is 2.55. The van der Waals surface area contributed by atoms with Crippen LogP contribution in [0.3, 0.4) is 0 Å². The van der Waals surface area contributed by atoms with E-state index in [-0.39, 0.29) is 24.3 Å². The summed E-state index contributed by atoms with van der Waals surface area (Å²) in [5.74, 6) is -1.63. The lowest BCUT2D eigenvalue weighted by Crippen LogP contribution is -2.60. The molecule has 4 rings (SSSR count). The molecule has 0 aromatic heterocycles. The SMILES string of the molecule is COc1ccccc1C(=O)N1c2ccccc2C(C(N)(CC=O)C(=O)O)C2CCCC21. The molecular formula is C24H26N2O5. The Morgan fingerprint density at radius 1 is 1.19 bits per heavy atom. The van der Waals surface area contributed by atoms with Crippen LogP contribution in [-0.4, -0.2) is 42.0 Å². The number of benzene rings is 2. The van der Waals surface area contributed by atoms with E-state index in [0.29, 0.717) is 28.8 Å². The minimum absolute atomic E-state index is 0.158. The molecule has 7 heteroatoms. The van der Waals surface area contributed by atoms with Gasteiger partial charge in [0.2, 0.25) is 0 Å². The topological polar surface area (TPSA) is 110 Å². The second-order valence-electron chi connectivity index (χ2n) is 8.29. The Kier molecular flexibility index (Phi) is 5.54. The van der Waals surface area contributed by atoms with Crippen LogP contribution < -0.4 is 15.4 Å². The lowest BCUT2D eigenvalue weighted by molar-refractivity contribution is -0.146. The largest absolute Gasteiger partial charge is 0.496 e. The van der Waals surface area contributed by atoms with Crippen LogP contribution in [0, 0.1) is 5.92 Å². The van der Waals surface area contributed by atoms with Crippen LogP contribution in [0.1, 0.15) is 47.5 Å². The summed E-state index contributed by atoms with van der Waals surface area (Å²) in [6.07, 6.45) is 2.63. The number of hydrogen-bond acceptors (Lipinski definition) is 5. The lowest BCUT2D eigenvalue weighted by atomic mass is 9.66. The van der Waals surface area contributed by atoms with E-state index in [2.05, 4.69) is 0 Å². The molecule has 31 heavy (non-hydrogen) atoms. The zero-order chi connectivity index (χ0) is 22.2. The average molecular weight is 422 g/mol. The molecule has 1 aliphatic heterocycles. The van der Waals surface area contributed by atoms with Gasteiger partial charge in [0.1, 0.15) is 17.6 Å². The highest BCUT2D eigenvalue weighted by Crippen LogP contribution is 2.53. The zero-order valence-electron chi connectivity index (χ0n) is 17.4. The standard InChI is InChI=1S/C24H26N2O5/c1-31-20-12-5-3-8-17(20)22(28)26-18-10-4-2-7-15(18)21(16-9-6-11-19(16)26)24(25,13-14-27)23(29)30/h2-5,7-8,10,12,14,16,19,21H,6,9,11,13,25H2,1H3,(H,29,30). The van der Waals surface area contributed by atoms with E-state index < -0.39 is 17.4 Å². The Morgan fingerprint density at radius 3 is 2.61 bits per heavy atom. The van der Waals surface area contributed by atoms with Crippen molar-refractivity contribution in [3.05, 3.63) is 59.7 Å². The number of para-hydroxylation sites is 2. The van der Waals surface area contributed by atoms with Crippen molar-refractivity contribution in [1.29, 1.82) is 0 Å². The number of carboxylic acids is 1. The molecule has 7 nitrogen and oxygen atoms in total. The number of fused-ring (bicyclic) bond motifs is 2. The van der Waals surface area contributed by atoms with Gasteiger partial charge in [0.25, 0.3) is 5.91 Å². The fraction of sp³-hybridized carbons (Fsp3) is 0.375. The highest BCUT2D eigenvalue weighted by atomic mass is 16.5. The van der Waals surface area contributed by atoms with Crippen LogP contribution in [0.25, 0.3) is 0 Å². The van der Waals surface area contributed by atoms with E-state index in [1.54, 1.807) is 23.1 Å². The van der Waals surface area contributed by atoms with Gasteiger partial charge < -0.3 is 25.3 Å². The molecule has 2 aromatic carbocycles. The monoisotopic (exact) mass is 422 g/mol. The van der Waals surface area contributed by atoms with Crippen LogP contribution >= 0.6 is 0 Å². The lowest BCUT2D eigenvalue weighted by Gasteiger charge is -2.48. The maximum atomic E-state index is 13.7. The van der Waals surface area contributed by atoms with Gasteiger partial charge in [-0.15, -0.1) is 0 Å². The van der Waals surface area contributed by atoms with Crippen LogP contribution in [0.15, 0.2) is 48.5 Å². The third kappa shape index (κ3) is 3.29. The Labute approximate surface area is 180 Å². The van der Waals surface area contributed by atoms with Gasteiger partial charge in [-0.25, -0.2) is 0 Å². The van der Waals surface area contributed by atoms with Crippen molar-refractivity contribution in [3.8, 4) is 5.75 Å². The number of aldehydes is 1. The number of ether oxygens (including phenoxy) is 1. The number of carbonyl (C=O) groups is 3. The first-order valence-electron chi connectivity index (χ1n) is 10.5. The number of aliphatic carboxylic acids is 1. The maximum Gasteiger partial charge on any atom is 0.324 e. The number of nitrogens with zero attached hydrogens (tertiary/aromatic N) is 1. The van der Waals surface area contributed by atoms with Gasteiger partial charge in [-0.2, -0.15) is 0 Å². The molecule has 1 aliphatic carbocycles. The Hall–Kier alpha value is -3.19. The van der Waals surface area contributed by atoms with Gasteiger partial charge in [0.15, 0.2) is 0 Å². The van der Waals surface area contributed by atoms with Crippen LogP contribution in [0.5, 0.6) is 5.75 Å². The van der Waals surface area contributed by atoms with Crippen LogP contribution in [0.4, 0.5) is 5.69 Å². The summed E-state index contributed by atoms with van der Waals surface area (Å²) >= 11 is 0. The van der Waals surface area contributed by atoms with Gasteiger partial charge in [0, 0.05) is 24.1 Å². The minimum Gasteiger partial charge on any atom is -0.496 e. The van der Waals surface area contributed by atoms with E-state index in [1.807, 2.05) is 30.3 Å². The normalized spacial score (nSPS) is 23.9. The molecule has 162 valence electrons. The first-order chi connectivity index (χ1) is 14.9. The Bertz CT molecular complexity index is 1020. The molecule has 2 aromatic rings. The van der Waals surface area contributed by atoms with Gasteiger partial charge in [0.05, 0.1) is 12.7 Å². The average Bonchev–Trinajstić information content (AvgIpc) is 3.25. The van der Waals surface area contributed by atoms with E-state index >= 15 is 0 Å². The molecule has 0 saturated heterocycles. The molecule has 0 radical (unpaired) electrons. The van der Waals surface area contributed by atoms with Crippen molar-refractivity contribution >= 4 is 23.9 Å². The smallest absolute Gasteiger partial charge is 0.324 e. The molecule has 1 fully saturated rings. The molecule has 0 bridgehead atoms. The molecule has 1 amide bonds. The predicted octanol–water partition coefficient (Wildman–Crippen LogP) is 2.98. The molecule has 4 atom stereocenters. The molecule has 4 unspecified atom stereocenters. The predicted molar refractivity (Wildman–Crippen MR) is 115 cm³/mol. The third-order valence-electron chi connectivity index (χ3n) is 6.75. The summed E-state index contributed by atoms with van der Waals surface area (Å²) in [5, 5.41) is 10.0. The quantitative estimate of drug-likeness (QED) is 0.693. The van der Waals surface area contributed by atoms with Gasteiger partial charge in [-0.3, -0.25) is 9.59 Å². The number of nitrogens with two attached hydrogens (primary N) is 1. The van der Waals surface area contributed by atoms with Crippen molar-refractivity contribution in [1.82, 2.24) is 0 Å².